The molecule has 2 aromatic heterocycles. The van der Waals surface area contributed by atoms with Gasteiger partial charge in [0, 0.05) is 24.5 Å². The second kappa shape index (κ2) is 3.93. The van der Waals surface area contributed by atoms with Gasteiger partial charge in [0.1, 0.15) is 0 Å². The van der Waals surface area contributed by atoms with Crippen molar-refractivity contribution in [3.63, 3.8) is 0 Å². The van der Waals surface area contributed by atoms with E-state index in [2.05, 4.69) is 28.7 Å². The summed E-state index contributed by atoms with van der Waals surface area (Å²) in [6.07, 6.45) is 1.79. The van der Waals surface area contributed by atoms with Crippen LogP contribution in [-0.2, 0) is 6.54 Å². The summed E-state index contributed by atoms with van der Waals surface area (Å²) in [6.45, 7) is 4.95. The number of fused-ring (bicyclic) bond motifs is 4. The lowest BCUT2D eigenvalue weighted by atomic mass is 10.1. The number of nitrogens with zero attached hydrogens (tertiary/aromatic N) is 4. The van der Waals surface area contributed by atoms with Gasteiger partial charge in [0.05, 0.1) is 23.1 Å². The van der Waals surface area contributed by atoms with E-state index in [-0.39, 0.29) is 0 Å². The van der Waals surface area contributed by atoms with Gasteiger partial charge in [-0.25, -0.2) is 9.67 Å². The van der Waals surface area contributed by atoms with Crippen LogP contribution in [0.1, 0.15) is 11.3 Å². The Morgan fingerprint density at radius 1 is 1.20 bits per heavy atom. The number of hydrogen-bond donors (Lipinski definition) is 0. The second-order valence-corrected chi connectivity index (χ2v) is 5.09. The van der Waals surface area contributed by atoms with Gasteiger partial charge in [0.25, 0.3) is 0 Å². The van der Waals surface area contributed by atoms with Gasteiger partial charge in [0.15, 0.2) is 5.82 Å². The predicted molar refractivity (Wildman–Crippen MR) is 79.4 cm³/mol. The van der Waals surface area contributed by atoms with E-state index >= 15 is 0 Å². The first-order valence-corrected chi connectivity index (χ1v) is 6.57. The first-order chi connectivity index (χ1) is 9.74. The van der Waals surface area contributed by atoms with Crippen molar-refractivity contribution in [1.82, 2.24) is 19.7 Å². The molecule has 0 N–H and O–H groups in total. The maximum atomic E-state index is 4.79. The van der Waals surface area contributed by atoms with Crippen LogP contribution in [0.2, 0.25) is 0 Å². The van der Waals surface area contributed by atoms with E-state index in [1.54, 1.807) is 6.20 Å². The first kappa shape index (κ1) is 11.2. The summed E-state index contributed by atoms with van der Waals surface area (Å²) in [5.74, 6) is 0.897. The van der Waals surface area contributed by atoms with Crippen LogP contribution in [0, 0.1) is 0 Å². The average Bonchev–Trinajstić information content (AvgIpc) is 2.91. The monoisotopic (exact) mass is 262 g/mol. The SMILES string of the molecule is C=C1c2ccnn2-c2nc3ccccc3cc2CN1C. The first-order valence-electron chi connectivity index (χ1n) is 6.57. The highest BCUT2D eigenvalue weighted by molar-refractivity contribution is 5.81. The van der Waals surface area contributed by atoms with Crippen LogP contribution in [-0.4, -0.2) is 26.7 Å². The largest absolute Gasteiger partial charge is 0.369 e. The summed E-state index contributed by atoms with van der Waals surface area (Å²) in [5.41, 5.74) is 4.11. The van der Waals surface area contributed by atoms with Crippen molar-refractivity contribution in [3.8, 4) is 5.82 Å². The van der Waals surface area contributed by atoms with Gasteiger partial charge in [0.2, 0.25) is 0 Å². The molecule has 1 aromatic carbocycles. The Balaban J connectivity index is 2.07. The Morgan fingerprint density at radius 3 is 2.95 bits per heavy atom. The maximum Gasteiger partial charge on any atom is 0.159 e. The topological polar surface area (TPSA) is 34.0 Å². The third kappa shape index (κ3) is 1.48. The molecule has 4 nitrogen and oxygen atoms in total. The molecular formula is C16H14N4. The van der Waals surface area contributed by atoms with Crippen molar-refractivity contribution in [2.45, 2.75) is 6.54 Å². The molecule has 0 spiro atoms. The highest BCUT2D eigenvalue weighted by Crippen LogP contribution is 2.29. The van der Waals surface area contributed by atoms with Crippen molar-refractivity contribution < 1.29 is 0 Å². The Morgan fingerprint density at radius 2 is 2.05 bits per heavy atom. The molecule has 3 aromatic rings. The van der Waals surface area contributed by atoms with Crippen molar-refractivity contribution in [2.75, 3.05) is 7.05 Å². The van der Waals surface area contributed by atoms with Crippen molar-refractivity contribution in [1.29, 1.82) is 0 Å². The third-order valence-corrected chi connectivity index (χ3v) is 3.79. The Bertz CT molecular complexity index is 831. The minimum Gasteiger partial charge on any atom is -0.369 e. The summed E-state index contributed by atoms with van der Waals surface area (Å²) in [7, 11) is 2.05. The number of para-hydroxylation sites is 1. The second-order valence-electron chi connectivity index (χ2n) is 5.09. The van der Waals surface area contributed by atoms with Crippen LogP contribution in [0.5, 0.6) is 0 Å². The number of rotatable bonds is 0. The predicted octanol–water partition coefficient (Wildman–Crippen LogP) is 2.84. The molecular weight excluding hydrogens is 248 g/mol. The summed E-state index contributed by atoms with van der Waals surface area (Å²) < 4.78 is 1.88. The molecule has 1 aliphatic heterocycles. The summed E-state index contributed by atoms with van der Waals surface area (Å²) in [6, 6.07) is 12.3. The molecule has 0 aliphatic carbocycles. The van der Waals surface area contributed by atoms with E-state index in [9.17, 15) is 0 Å². The molecule has 0 radical (unpaired) electrons. The molecule has 4 rings (SSSR count). The lowest BCUT2D eigenvalue weighted by molar-refractivity contribution is 0.479. The van der Waals surface area contributed by atoms with E-state index in [0.29, 0.717) is 0 Å². The molecule has 0 unspecified atom stereocenters. The van der Waals surface area contributed by atoms with E-state index in [1.165, 1.54) is 0 Å². The van der Waals surface area contributed by atoms with Crippen LogP contribution >= 0.6 is 0 Å². The van der Waals surface area contributed by atoms with Crippen LogP contribution in [0.3, 0.4) is 0 Å². The van der Waals surface area contributed by atoms with E-state index in [1.807, 2.05) is 36.0 Å². The van der Waals surface area contributed by atoms with Crippen molar-refractivity contribution >= 4 is 16.6 Å². The zero-order chi connectivity index (χ0) is 13.7. The molecule has 0 fully saturated rings. The molecule has 1 aliphatic rings. The van der Waals surface area contributed by atoms with Crippen molar-refractivity contribution in [2.24, 2.45) is 0 Å². The normalized spacial score (nSPS) is 14.1. The highest BCUT2D eigenvalue weighted by atomic mass is 15.3. The minimum atomic E-state index is 0.787. The quantitative estimate of drug-likeness (QED) is 0.624. The zero-order valence-corrected chi connectivity index (χ0v) is 11.2. The molecule has 0 amide bonds. The summed E-state index contributed by atoms with van der Waals surface area (Å²) in [5, 5.41) is 5.57. The standard InChI is InChI=1S/C16H14N4/c1-11-15-7-8-17-20(15)16-13(10-19(11)2)9-12-5-3-4-6-14(12)18-16/h3-9H,1,10H2,2H3. The molecule has 0 atom stereocenters. The summed E-state index contributed by atoms with van der Waals surface area (Å²) >= 11 is 0. The molecule has 0 saturated heterocycles. The molecule has 0 bridgehead atoms. The van der Waals surface area contributed by atoms with Crippen LogP contribution in [0.4, 0.5) is 0 Å². The molecule has 4 heteroatoms. The molecule has 98 valence electrons. The minimum absolute atomic E-state index is 0.787. The molecule has 3 heterocycles. The smallest absolute Gasteiger partial charge is 0.159 e. The fourth-order valence-electron chi connectivity index (χ4n) is 2.69. The van der Waals surface area contributed by atoms with Gasteiger partial charge in [-0.15, -0.1) is 0 Å². The molecule has 20 heavy (non-hydrogen) atoms. The lowest BCUT2D eigenvalue weighted by Crippen LogP contribution is -2.14. The zero-order valence-electron chi connectivity index (χ0n) is 11.2. The van der Waals surface area contributed by atoms with Gasteiger partial charge < -0.3 is 4.90 Å². The van der Waals surface area contributed by atoms with Crippen molar-refractivity contribution in [3.05, 3.63) is 60.4 Å². The maximum absolute atomic E-state index is 4.79. The van der Waals surface area contributed by atoms with Gasteiger partial charge >= 0.3 is 0 Å². The number of hydrogen-bond acceptors (Lipinski definition) is 3. The highest BCUT2D eigenvalue weighted by Gasteiger charge is 2.21. The van der Waals surface area contributed by atoms with Crippen LogP contribution in [0.25, 0.3) is 22.4 Å². The number of pyridine rings is 1. The van der Waals surface area contributed by atoms with Gasteiger partial charge in [-0.1, -0.05) is 24.8 Å². The molecule has 0 saturated carbocycles. The fraction of sp³-hybridized carbons (Fsp3) is 0.125. The van der Waals surface area contributed by atoms with Gasteiger partial charge in [-0.3, -0.25) is 0 Å². The van der Waals surface area contributed by atoms with Gasteiger partial charge in [-0.05, 0) is 18.2 Å². The fourth-order valence-corrected chi connectivity index (χ4v) is 2.69. The Hall–Kier alpha value is -2.62. The Labute approximate surface area is 117 Å². The van der Waals surface area contributed by atoms with E-state index in [4.69, 9.17) is 4.98 Å². The van der Waals surface area contributed by atoms with Crippen LogP contribution in [0.15, 0.2) is 49.2 Å². The number of benzene rings is 1. The van der Waals surface area contributed by atoms with E-state index in [0.717, 1.165) is 40.2 Å². The number of aromatic nitrogens is 3. The summed E-state index contributed by atoms with van der Waals surface area (Å²) in [4.78, 5) is 6.93. The lowest BCUT2D eigenvalue weighted by Gasteiger charge is -2.18. The third-order valence-electron chi connectivity index (χ3n) is 3.79. The van der Waals surface area contributed by atoms with Gasteiger partial charge in [-0.2, -0.15) is 5.10 Å². The Kier molecular flexibility index (Phi) is 2.21. The average molecular weight is 262 g/mol. The van der Waals surface area contributed by atoms with E-state index < -0.39 is 0 Å². The van der Waals surface area contributed by atoms with Crippen LogP contribution < -0.4 is 0 Å².